The lowest BCUT2D eigenvalue weighted by molar-refractivity contribution is 0.412. The van der Waals surface area contributed by atoms with Gasteiger partial charge in [-0.1, -0.05) is 0 Å². The van der Waals surface area contributed by atoms with Crippen LogP contribution in [0.4, 0.5) is 17.3 Å². The number of nitrogens with zero attached hydrogens (tertiary/aromatic N) is 2. The number of ether oxygens (including phenoxy) is 1. The fraction of sp³-hybridized carbons (Fsp3) is 0.375. The van der Waals surface area contributed by atoms with Crippen molar-refractivity contribution in [3.05, 3.63) is 35.7 Å². The van der Waals surface area contributed by atoms with Crippen molar-refractivity contribution < 1.29 is 4.74 Å². The minimum absolute atomic E-state index is 0.524. The Morgan fingerprint density at radius 2 is 1.90 bits per heavy atom. The first-order valence-corrected chi connectivity index (χ1v) is 7.18. The lowest BCUT2D eigenvalue weighted by Crippen LogP contribution is -2.03. The zero-order valence-corrected chi connectivity index (χ0v) is 12.6. The van der Waals surface area contributed by atoms with Gasteiger partial charge in [0.15, 0.2) is 0 Å². The van der Waals surface area contributed by atoms with Crippen molar-refractivity contribution in [2.45, 2.75) is 25.7 Å². The topological polar surface area (TPSA) is 59.1 Å². The van der Waals surface area contributed by atoms with Crippen LogP contribution in [0.5, 0.6) is 5.75 Å². The predicted molar refractivity (Wildman–Crippen MR) is 84.6 cm³/mol. The summed E-state index contributed by atoms with van der Waals surface area (Å²) in [4.78, 5) is 9.14. The lowest BCUT2D eigenvalue weighted by atomic mass is 10.2. The van der Waals surface area contributed by atoms with E-state index in [1.54, 1.807) is 7.11 Å². The molecule has 1 aromatic carbocycles. The van der Waals surface area contributed by atoms with E-state index in [4.69, 9.17) is 4.74 Å². The van der Waals surface area contributed by atoms with E-state index in [2.05, 4.69) is 26.7 Å². The van der Waals surface area contributed by atoms with Crippen molar-refractivity contribution >= 4 is 17.3 Å². The average Bonchev–Trinajstić information content (AvgIpc) is 3.32. The first-order chi connectivity index (χ1) is 10.2. The van der Waals surface area contributed by atoms with Gasteiger partial charge in [0.2, 0.25) is 0 Å². The fourth-order valence-electron chi connectivity index (χ4n) is 2.29. The Hall–Kier alpha value is -2.30. The molecule has 1 heterocycles. The van der Waals surface area contributed by atoms with E-state index in [0.29, 0.717) is 5.92 Å². The van der Waals surface area contributed by atoms with Crippen LogP contribution < -0.4 is 15.4 Å². The van der Waals surface area contributed by atoms with Crippen molar-refractivity contribution in [3.8, 4) is 5.75 Å². The second-order valence-electron chi connectivity index (χ2n) is 5.33. The maximum atomic E-state index is 5.28. The Morgan fingerprint density at radius 3 is 2.52 bits per heavy atom. The number of nitrogens with one attached hydrogen (secondary N) is 2. The standard InChI is InChI=1S/C16H20N4O/c1-10-8-12(6-7-13(10)21-3)18-15-9-14(17-2)19-16(20-15)11-4-5-11/h6-9,11H,4-5H2,1-3H3,(H2,17,18,19,20). The molecule has 110 valence electrons. The Bertz CT molecular complexity index is 653. The molecule has 1 saturated carbocycles. The molecule has 3 rings (SSSR count). The van der Waals surface area contributed by atoms with Gasteiger partial charge in [-0.2, -0.15) is 0 Å². The second kappa shape index (κ2) is 5.60. The van der Waals surface area contributed by atoms with Crippen LogP contribution >= 0.6 is 0 Å². The van der Waals surface area contributed by atoms with Gasteiger partial charge in [0.05, 0.1) is 7.11 Å². The van der Waals surface area contributed by atoms with E-state index >= 15 is 0 Å². The highest BCUT2D eigenvalue weighted by Crippen LogP contribution is 2.39. The largest absolute Gasteiger partial charge is 0.496 e. The first kappa shape index (κ1) is 13.7. The Labute approximate surface area is 124 Å². The molecule has 21 heavy (non-hydrogen) atoms. The van der Waals surface area contributed by atoms with Gasteiger partial charge in [0.1, 0.15) is 23.2 Å². The number of benzene rings is 1. The molecular formula is C16H20N4O. The van der Waals surface area contributed by atoms with Gasteiger partial charge in [-0.25, -0.2) is 9.97 Å². The predicted octanol–water partition coefficient (Wildman–Crippen LogP) is 3.46. The molecule has 2 aromatic rings. The van der Waals surface area contributed by atoms with Crippen LogP contribution in [0.15, 0.2) is 24.3 Å². The Balaban J connectivity index is 1.86. The molecule has 0 amide bonds. The monoisotopic (exact) mass is 284 g/mol. The summed E-state index contributed by atoms with van der Waals surface area (Å²) in [7, 11) is 3.56. The number of anilines is 3. The quantitative estimate of drug-likeness (QED) is 0.880. The van der Waals surface area contributed by atoms with Crippen LogP contribution in [0.25, 0.3) is 0 Å². The van der Waals surface area contributed by atoms with Gasteiger partial charge in [-0.3, -0.25) is 0 Å². The van der Waals surface area contributed by atoms with Crippen molar-refractivity contribution in [2.75, 3.05) is 24.8 Å². The highest BCUT2D eigenvalue weighted by Gasteiger charge is 2.27. The Morgan fingerprint density at radius 1 is 1.14 bits per heavy atom. The molecule has 0 atom stereocenters. The summed E-state index contributed by atoms with van der Waals surface area (Å²) in [6, 6.07) is 7.92. The van der Waals surface area contributed by atoms with Gasteiger partial charge in [-0.15, -0.1) is 0 Å². The molecule has 5 heteroatoms. The molecule has 1 aromatic heterocycles. The van der Waals surface area contributed by atoms with E-state index in [-0.39, 0.29) is 0 Å². The normalized spacial score (nSPS) is 13.9. The van der Waals surface area contributed by atoms with Crippen LogP contribution in [0.1, 0.15) is 30.1 Å². The minimum atomic E-state index is 0.524. The van der Waals surface area contributed by atoms with Crippen LogP contribution in [-0.2, 0) is 0 Å². The van der Waals surface area contributed by atoms with Crippen molar-refractivity contribution in [1.29, 1.82) is 0 Å². The van der Waals surface area contributed by atoms with Crippen molar-refractivity contribution in [1.82, 2.24) is 9.97 Å². The molecule has 1 aliphatic carbocycles. The van der Waals surface area contributed by atoms with E-state index < -0.39 is 0 Å². The van der Waals surface area contributed by atoms with Gasteiger partial charge in [0, 0.05) is 24.7 Å². The number of aromatic nitrogens is 2. The van der Waals surface area contributed by atoms with E-state index in [1.165, 1.54) is 12.8 Å². The summed E-state index contributed by atoms with van der Waals surface area (Å²) in [5.74, 6) is 4.00. The van der Waals surface area contributed by atoms with Gasteiger partial charge in [-0.05, 0) is 43.5 Å². The summed E-state index contributed by atoms with van der Waals surface area (Å²) in [5, 5.41) is 6.44. The fourth-order valence-corrected chi connectivity index (χ4v) is 2.29. The van der Waals surface area contributed by atoms with Crippen LogP contribution in [0, 0.1) is 6.92 Å². The lowest BCUT2D eigenvalue weighted by Gasteiger charge is -2.11. The van der Waals surface area contributed by atoms with Gasteiger partial charge in [0.25, 0.3) is 0 Å². The summed E-state index contributed by atoms with van der Waals surface area (Å²) >= 11 is 0. The van der Waals surface area contributed by atoms with Gasteiger partial charge < -0.3 is 15.4 Å². The number of aryl methyl sites for hydroxylation is 1. The molecule has 1 aliphatic rings. The number of rotatable bonds is 5. The summed E-state index contributed by atoms with van der Waals surface area (Å²) in [5.41, 5.74) is 2.09. The molecule has 1 fully saturated rings. The van der Waals surface area contributed by atoms with E-state index in [1.807, 2.05) is 32.2 Å². The average molecular weight is 284 g/mol. The molecular weight excluding hydrogens is 264 g/mol. The summed E-state index contributed by atoms with van der Waals surface area (Å²) in [6.07, 6.45) is 2.38. The maximum absolute atomic E-state index is 5.28. The molecule has 0 unspecified atom stereocenters. The third-order valence-electron chi connectivity index (χ3n) is 3.61. The van der Waals surface area contributed by atoms with Crippen LogP contribution in [0.3, 0.4) is 0 Å². The number of methoxy groups -OCH3 is 1. The number of hydrogen-bond acceptors (Lipinski definition) is 5. The summed E-state index contributed by atoms with van der Waals surface area (Å²) in [6.45, 7) is 2.03. The molecule has 2 N–H and O–H groups in total. The Kier molecular flexibility index (Phi) is 3.64. The van der Waals surface area contributed by atoms with Crippen molar-refractivity contribution in [3.63, 3.8) is 0 Å². The number of hydrogen-bond donors (Lipinski definition) is 2. The SMILES string of the molecule is CNc1cc(Nc2ccc(OC)c(C)c2)nc(C2CC2)n1. The molecule has 0 aliphatic heterocycles. The van der Waals surface area contributed by atoms with Gasteiger partial charge >= 0.3 is 0 Å². The smallest absolute Gasteiger partial charge is 0.136 e. The maximum Gasteiger partial charge on any atom is 0.136 e. The minimum Gasteiger partial charge on any atom is -0.496 e. The molecule has 5 nitrogen and oxygen atoms in total. The van der Waals surface area contributed by atoms with Crippen LogP contribution in [0.2, 0.25) is 0 Å². The highest BCUT2D eigenvalue weighted by atomic mass is 16.5. The molecule has 0 radical (unpaired) electrons. The molecule has 0 saturated heterocycles. The zero-order valence-electron chi connectivity index (χ0n) is 12.6. The first-order valence-electron chi connectivity index (χ1n) is 7.18. The second-order valence-corrected chi connectivity index (χ2v) is 5.33. The van der Waals surface area contributed by atoms with Crippen molar-refractivity contribution in [2.24, 2.45) is 0 Å². The summed E-state index contributed by atoms with van der Waals surface area (Å²) < 4.78 is 5.28. The van der Waals surface area contributed by atoms with E-state index in [9.17, 15) is 0 Å². The third kappa shape index (κ3) is 3.07. The highest BCUT2D eigenvalue weighted by molar-refractivity contribution is 5.61. The molecule has 0 bridgehead atoms. The molecule has 0 spiro atoms. The third-order valence-corrected chi connectivity index (χ3v) is 3.61. The van der Waals surface area contributed by atoms with E-state index in [0.717, 1.165) is 34.5 Å². The van der Waals surface area contributed by atoms with Crippen LogP contribution in [-0.4, -0.2) is 24.1 Å². The zero-order chi connectivity index (χ0) is 14.8.